The van der Waals surface area contributed by atoms with Crippen LogP contribution in [0.2, 0.25) is 0 Å². The van der Waals surface area contributed by atoms with Gasteiger partial charge >= 0.3 is 0 Å². The Morgan fingerprint density at radius 1 is 1.24 bits per heavy atom. The summed E-state index contributed by atoms with van der Waals surface area (Å²) >= 11 is 0. The molecule has 0 spiro atoms. The van der Waals surface area contributed by atoms with Gasteiger partial charge in [-0.3, -0.25) is 9.69 Å². The van der Waals surface area contributed by atoms with E-state index in [-0.39, 0.29) is 5.91 Å². The van der Waals surface area contributed by atoms with Gasteiger partial charge in [0.2, 0.25) is 5.91 Å². The minimum atomic E-state index is -0.0239. The maximum Gasteiger partial charge on any atom is 0.221 e. The fraction of sp³-hybridized carbons (Fsp3) is 0.588. The Balaban J connectivity index is 1.81. The number of rotatable bonds is 6. The van der Waals surface area contributed by atoms with Gasteiger partial charge in [0.05, 0.1) is 0 Å². The summed E-state index contributed by atoms with van der Waals surface area (Å²) in [5, 5.41) is 6.40. The number of nitrogens with zero attached hydrogens (tertiary/aromatic N) is 1. The van der Waals surface area contributed by atoms with E-state index in [0.717, 1.165) is 24.3 Å². The molecule has 2 rings (SSSR count). The van der Waals surface area contributed by atoms with E-state index in [4.69, 9.17) is 0 Å². The van der Waals surface area contributed by atoms with Crippen LogP contribution in [0.1, 0.15) is 38.7 Å². The maximum absolute atomic E-state index is 11.2. The first kappa shape index (κ1) is 16.0. The summed E-state index contributed by atoms with van der Waals surface area (Å²) in [4.78, 5) is 13.8. The van der Waals surface area contributed by atoms with Crippen molar-refractivity contribution in [1.29, 1.82) is 0 Å². The van der Waals surface area contributed by atoms with Crippen LogP contribution in [-0.4, -0.2) is 36.5 Å². The molecule has 0 radical (unpaired) electrons. The summed E-state index contributed by atoms with van der Waals surface area (Å²) in [5.41, 5.74) is 2.04. The molecule has 1 amide bonds. The number of hydrogen-bond donors (Lipinski definition) is 2. The molecule has 1 heterocycles. The highest BCUT2D eigenvalue weighted by molar-refractivity contribution is 5.89. The van der Waals surface area contributed by atoms with Crippen molar-refractivity contribution < 1.29 is 4.79 Å². The lowest BCUT2D eigenvalue weighted by atomic mass is 10.1. The van der Waals surface area contributed by atoms with Crippen molar-refractivity contribution in [3.63, 3.8) is 0 Å². The number of amides is 1. The molecule has 0 saturated carbocycles. The summed E-state index contributed by atoms with van der Waals surface area (Å²) in [6, 6.07) is 8.54. The van der Waals surface area contributed by atoms with Crippen LogP contribution in [0.4, 0.5) is 5.69 Å². The van der Waals surface area contributed by atoms with E-state index in [9.17, 15) is 4.79 Å². The Labute approximate surface area is 127 Å². The average molecular weight is 289 g/mol. The lowest BCUT2D eigenvalue weighted by Gasteiger charge is -2.32. The van der Waals surface area contributed by atoms with Crippen LogP contribution in [0.5, 0.6) is 0 Å². The molecule has 1 aromatic carbocycles. The van der Waals surface area contributed by atoms with Crippen LogP contribution in [0.3, 0.4) is 0 Å². The van der Waals surface area contributed by atoms with E-state index in [0.29, 0.717) is 6.04 Å². The van der Waals surface area contributed by atoms with Gasteiger partial charge in [-0.15, -0.1) is 0 Å². The van der Waals surface area contributed by atoms with Crippen molar-refractivity contribution in [2.24, 2.45) is 0 Å². The molecular weight excluding hydrogens is 262 g/mol. The van der Waals surface area contributed by atoms with Gasteiger partial charge in [0.25, 0.3) is 0 Å². The minimum absolute atomic E-state index is 0.0239. The van der Waals surface area contributed by atoms with Crippen molar-refractivity contribution >= 4 is 11.6 Å². The van der Waals surface area contributed by atoms with E-state index in [1.165, 1.54) is 32.4 Å². The molecule has 1 aromatic rings. The highest BCUT2D eigenvalue weighted by atomic mass is 16.1. The monoisotopic (exact) mass is 289 g/mol. The highest BCUT2D eigenvalue weighted by Crippen LogP contribution is 2.15. The number of benzene rings is 1. The Morgan fingerprint density at radius 3 is 2.67 bits per heavy atom. The third kappa shape index (κ3) is 5.14. The summed E-state index contributed by atoms with van der Waals surface area (Å²) in [6.07, 6.45) is 4.03. The fourth-order valence-electron chi connectivity index (χ4n) is 2.89. The Hall–Kier alpha value is -1.39. The predicted molar refractivity (Wildman–Crippen MR) is 87.3 cm³/mol. The number of hydrogen-bond acceptors (Lipinski definition) is 3. The second-order valence-corrected chi connectivity index (χ2v) is 5.91. The Morgan fingerprint density at radius 2 is 1.95 bits per heavy atom. The van der Waals surface area contributed by atoms with E-state index in [2.05, 4.69) is 28.5 Å². The molecule has 1 fully saturated rings. The largest absolute Gasteiger partial charge is 0.326 e. The van der Waals surface area contributed by atoms with Crippen molar-refractivity contribution in [1.82, 2.24) is 10.2 Å². The Bertz CT molecular complexity index is 455. The quantitative estimate of drug-likeness (QED) is 0.846. The van der Waals surface area contributed by atoms with Gasteiger partial charge in [-0.05, 0) is 44.5 Å². The maximum atomic E-state index is 11.2. The summed E-state index contributed by atoms with van der Waals surface area (Å²) in [7, 11) is 0. The zero-order valence-electron chi connectivity index (χ0n) is 13.2. The zero-order chi connectivity index (χ0) is 15.1. The molecule has 0 aromatic heterocycles. The van der Waals surface area contributed by atoms with Gasteiger partial charge in [-0.25, -0.2) is 0 Å². The third-order valence-corrected chi connectivity index (χ3v) is 4.10. The van der Waals surface area contributed by atoms with Crippen LogP contribution >= 0.6 is 0 Å². The topological polar surface area (TPSA) is 44.4 Å². The first-order valence-electron chi connectivity index (χ1n) is 7.97. The molecule has 0 bridgehead atoms. The lowest BCUT2D eigenvalue weighted by Crippen LogP contribution is -2.43. The summed E-state index contributed by atoms with van der Waals surface area (Å²) < 4.78 is 0. The van der Waals surface area contributed by atoms with Crippen molar-refractivity contribution in [3.8, 4) is 0 Å². The first-order valence-corrected chi connectivity index (χ1v) is 7.97. The second kappa shape index (κ2) is 8.15. The Kier molecular flexibility index (Phi) is 6.21. The third-order valence-electron chi connectivity index (χ3n) is 4.10. The second-order valence-electron chi connectivity index (χ2n) is 5.91. The number of para-hydroxylation sites is 1. The fourth-order valence-corrected chi connectivity index (χ4v) is 2.89. The van der Waals surface area contributed by atoms with Crippen molar-refractivity contribution in [2.75, 3.05) is 25.0 Å². The van der Waals surface area contributed by atoms with Crippen molar-refractivity contribution in [2.45, 2.75) is 45.7 Å². The molecule has 0 aliphatic carbocycles. The molecule has 1 aliphatic rings. The molecule has 1 atom stereocenters. The average Bonchev–Trinajstić information content (AvgIpc) is 2.49. The smallest absolute Gasteiger partial charge is 0.221 e. The van der Waals surface area contributed by atoms with Gasteiger partial charge in [0, 0.05) is 31.7 Å². The minimum Gasteiger partial charge on any atom is -0.326 e. The predicted octanol–water partition coefficient (Wildman–Crippen LogP) is 2.61. The molecular formula is C17H27N3O. The van der Waals surface area contributed by atoms with Gasteiger partial charge < -0.3 is 10.6 Å². The highest BCUT2D eigenvalue weighted by Gasteiger charge is 2.16. The van der Waals surface area contributed by atoms with Crippen LogP contribution < -0.4 is 10.6 Å². The van der Waals surface area contributed by atoms with E-state index >= 15 is 0 Å². The van der Waals surface area contributed by atoms with Gasteiger partial charge in [0.15, 0.2) is 0 Å². The lowest BCUT2D eigenvalue weighted by molar-refractivity contribution is -0.114. The first-order chi connectivity index (χ1) is 10.2. The number of carbonyl (C=O) groups excluding carboxylic acids is 1. The summed E-state index contributed by atoms with van der Waals surface area (Å²) in [5.74, 6) is -0.0239. The van der Waals surface area contributed by atoms with Crippen LogP contribution in [0, 0.1) is 0 Å². The summed E-state index contributed by atoms with van der Waals surface area (Å²) in [6.45, 7) is 8.06. The molecule has 1 aliphatic heterocycles. The number of piperidine rings is 1. The van der Waals surface area contributed by atoms with Crippen LogP contribution in [0.25, 0.3) is 0 Å². The molecule has 4 nitrogen and oxygen atoms in total. The van der Waals surface area contributed by atoms with Gasteiger partial charge in [-0.1, -0.05) is 24.6 Å². The van der Waals surface area contributed by atoms with E-state index in [1.54, 1.807) is 6.92 Å². The van der Waals surface area contributed by atoms with Gasteiger partial charge in [-0.2, -0.15) is 0 Å². The van der Waals surface area contributed by atoms with Crippen LogP contribution in [0.15, 0.2) is 24.3 Å². The number of anilines is 1. The van der Waals surface area contributed by atoms with Gasteiger partial charge in [0.1, 0.15) is 0 Å². The van der Waals surface area contributed by atoms with Crippen LogP contribution in [-0.2, 0) is 11.3 Å². The van der Waals surface area contributed by atoms with E-state index in [1.807, 2.05) is 18.2 Å². The molecule has 4 heteroatoms. The standard InChI is InChI=1S/C17H27N3O/c1-14(20-10-6-3-7-11-20)12-18-13-16-8-4-5-9-17(16)19-15(2)21/h4-5,8-9,14,18H,3,6-7,10-13H2,1-2H3,(H,19,21). The molecule has 21 heavy (non-hydrogen) atoms. The molecule has 1 saturated heterocycles. The number of likely N-dealkylation sites (tertiary alicyclic amines) is 1. The molecule has 2 N–H and O–H groups in total. The van der Waals surface area contributed by atoms with Crippen molar-refractivity contribution in [3.05, 3.63) is 29.8 Å². The number of nitrogens with one attached hydrogen (secondary N) is 2. The molecule has 116 valence electrons. The van der Waals surface area contributed by atoms with E-state index < -0.39 is 0 Å². The molecule has 1 unspecified atom stereocenters. The number of carbonyl (C=O) groups is 1. The normalized spacial score (nSPS) is 17.4. The zero-order valence-corrected chi connectivity index (χ0v) is 13.2. The SMILES string of the molecule is CC(=O)Nc1ccccc1CNCC(C)N1CCCCC1.